The number of rotatable bonds is 7. The molecule has 1 atom stereocenters. The molecule has 3 aliphatic carbocycles. The van der Waals surface area contributed by atoms with Gasteiger partial charge in [0.25, 0.3) is 5.91 Å². The van der Waals surface area contributed by atoms with Gasteiger partial charge in [-0.05, 0) is 56.1 Å². The Morgan fingerprint density at radius 1 is 0.806 bits per heavy atom. The van der Waals surface area contributed by atoms with E-state index in [0.717, 1.165) is 17.9 Å². The quantitative estimate of drug-likeness (QED) is 0.409. The van der Waals surface area contributed by atoms with E-state index in [2.05, 4.69) is 4.90 Å². The maximum atomic E-state index is 14.0. The molecule has 3 saturated carbocycles. The fraction of sp³-hybridized carbons (Fsp3) is 0.690. The highest BCUT2D eigenvalue weighted by Crippen LogP contribution is 2.39. The van der Waals surface area contributed by atoms with Crippen molar-refractivity contribution in [3.05, 3.63) is 48.0 Å². The van der Waals surface area contributed by atoms with Crippen molar-refractivity contribution in [2.45, 2.75) is 115 Å². The molecule has 0 N–H and O–H groups in total. The van der Waals surface area contributed by atoms with Gasteiger partial charge in [0.1, 0.15) is 0 Å². The van der Waals surface area contributed by atoms with E-state index in [1.54, 1.807) is 0 Å². The van der Waals surface area contributed by atoms with Crippen LogP contribution < -0.4 is 0 Å². The Bertz CT molecular complexity index is 693. The van der Waals surface area contributed by atoms with E-state index in [4.69, 9.17) is 6.58 Å². The first-order chi connectivity index (χ1) is 15.2. The van der Waals surface area contributed by atoms with Gasteiger partial charge in [0, 0.05) is 11.6 Å². The number of hydrogen-bond acceptors (Lipinski definition) is 1. The number of nitrogens with zero attached hydrogens (tertiary/aromatic N) is 1. The molecule has 0 radical (unpaired) electrons. The van der Waals surface area contributed by atoms with Gasteiger partial charge in [-0.3, -0.25) is 4.79 Å². The van der Waals surface area contributed by atoms with Gasteiger partial charge < -0.3 is 4.90 Å². The third-order valence-electron chi connectivity index (χ3n) is 8.31. The minimum Gasteiger partial charge on any atom is -0.329 e. The molecule has 2 nitrogen and oxygen atoms in total. The number of carbonyl (C=O) groups is 1. The average molecular weight is 422 g/mol. The van der Waals surface area contributed by atoms with Crippen LogP contribution in [0.15, 0.2) is 42.5 Å². The highest BCUT2D eigenvalue weighted by molar-refractivity contribution is 5.94. The van der Waals surface area contributed by atoms with E-state index in [-0.39, 0.29) is 11.9 Å². The van der Waals surface area contributed by atoms with Crippen LogP contribution in [0.2, 0.25) is 0 Å². The van der Waals surface area contributed by atoms with Gasteiger partial charge in [-0.2, -0.15) is 0 Å². The van der Waals surface area contributed by atoms with Gasteiger partial charge in [0.15, 0.2) is 0 Å². The first-order valence-electron chi connectivity index (χ1n) is 13.3. The maximum absolute atomic E-state index is 14.0. The van der Waals surface area contributed by atoms with E-state index in [1.165, 1.54) is 102 Å². The Balaban J connectivity index is 1.64. The molecular formula is C29H43NO. The van der Waals surface area contributed by atoms with Gasteiger partial charge in [-0.15, -0.1) is 0 Å². The molecule has 0 heterocycles. The molecular weight excluding hydrogens is 378 g/mol. The van der Waals surface area contributed by atoms with Gasteiger partial charge >= 0.3 is 0 Å². The topological polar surface area (TPSA) is 20.3 Å². The molecule has 0 bridgehead atoms. The van der Waals surface area contributed by atoms with Crippen LogP contribution in [0.25, 0.3) is 0 Å². The second-order valence-electron chi connectivity index (χ2n) is 10.6. The summed E-state index contributed by atoms with van der Waals surface area (Å²) in [6.07, 6.45) is 20.7. The number of hydrogen-bond donors (Lipinski definition) is 0. The lowest BCUT2D eigenvalue weighted by Crippen LogP contribution is -2.52. The zero-order valence-electron chi connectivity index (χ0n) is 19.6. The fourth-order valence-corrected chi connectivity index (χ4v) is 6.70. The summed E-state index contributed by atoms with van der Waals surface area (Å²) in [7, 11) is 0. The summed E-state index contributed by atoms with van der Waals surface area (Å²) in [4.78, 5) is 16.4. The van der Waals surface area contributed by atoms with Crippen molar-refractivity contribution in [1.29, 1.82) is 0 Å². The first-order valence-corrected chi connectivity index (χ1v) is 13.3. The summed E-state index contributed by atoms with van der Waals surface area (Å²) in [5.41, 5.74) is 2.23. The molecule has 0 spiro atoms. The SMILES string of the molecule is C=C(CC1CCCCC1)C(C1CCCCC1)N(C(=O)c1ccccc1)C1CCCCC1. The second-order valence-corrected chi connectivity index (χ2v) is 10.6. The van der Waals surface area contributed by atoms with E-state index in [9.17, 15) is 4.79 Å². The summed E-state index contributed by atoms with van der Waals surface area (Å²) in [6.45, 7) is 4.72. The molecule has 0 aromatic heterocycles. The molecule has 31 heavy (non-hydrogen) atoms. The van der Waals surface area contributed by atoms with Crippen LogP contribution in [-0.4, -0.2) is 22.9 Å². The van der Waals surface area contributed by atoms with Crippen molar-refractivity contribution < 1.29 is 4.79 Å². The molecule has 1 unspecified atom stereocenters. The molecule has 3 fully saturated rings. The average Bonchev–Trinajstić information content (AvgIpc) is 2.84. The fourth-order valence-electron chi connectivity index (χ4n) is 6.70. The van der Waals surface area contributed by atoms with Crippen LogP contribution in [0.1, 0.15) is 113 Å². The lowest BCUT2D eigenvalue weighted by Gasteiger charge is -2.46. The summed E-state index contributed by atoms with van der Waals surface area (Å²) in [6, 6.07) is 10.7. The zero-order valence-corrected chi connectivity index (χ0v) is 19.6. The van der Waals surface area contributed by atoms with E-state index >= 15 is 0 Å². The maximum Gasteiger partial charge on any atom is 0.254 e. The van der Waals surface area contributed by atoms with Crippen molar-refractivity contribution in [1.82, 2.24) is 4.90 Å². The van der Waals surface area contributed by atoms with Crippen molar-refractivity contribution in [3.63, 3.8) is 0 Å². The van der Waals surface area contributed by atoms with E-state index in [0.29, 0.717) is 12.0 Å². The lowest BCUT2D eigenvalue weighted by molar-refractivity contribution is 0.0422. The Kier molecular flexibility index (Phi) is 8.27. The predicted molar refractivity (Wildman–Crippen MR) is 130 cm³/mol. The Morgan fingerprint density at radius 2 is 1.35 bits per heavy atom. The minimum atomic E-state index is 0.234. The normalized spacial score (nSPS) is 22.7. The molecule has 1 amide bonds. The summed E-state index contributed by atoms with van der Waals surface area (Å²) < 4.78 is 0. The Morgan fingerprint density at radius 3 is 1.97 bits per heavy atom. The van der Waals surface area contributed by atoms with E-state index in [1.807, 2.05) is 30.3 Å². The van der Waals surface area contributed by atoms with Crippen LogP contribution >= 0.6 is 0 Å². The number of benzene rings is 1. The van der Waals surface area contributed by atoms with Crippen LogP contribution in [0.5, 0.6) is 0 Å². The smallest absolute Gasteiger partial charge is 0.254 e. The molecule has 4 rings (SSSR count). The van der Waals surface area contributed by atoms with Gasteiger partial charge in [-0.25, -0.2) is 0 Å². The van der Waals surface area contributed by atoms with Crippen molar-refractivity contribution in [2.24, 2.45) is 11.8 Å². The predicted octanol–water partition coefficient (Wildman–Crippen LogP) is 7.94. The molecule has 0 aliphatic heterocycles. The van der Waals surface area contributed by atoms with Gasteiger partial charge in [0.05, 0.1) is 6.04 Å². The number of amides is 1. The highest BCUT2D eigenvalue weighted by atomic mass is 16.2. The Hall–Kier alpha value is -1.57. The summed E-state index contributed by atoms with van der Waals surface area (Å²) >= 11 is 0. The van der Waals surface area contributed by atoms with E-state index < -0.39 is 0 Å². The molecule has 0 saturated heterocycles. The first kappa shape index (κ1) is 22.6. The lowest BCUT2D eigenvalue weighted by atomic mass is 9.75. The zero-order chi connectivity index (χ0) is 21.5. The Labute approximate surface area is 190 Å². The molecule has 2 heteroatoms. The largest absolute Gasteiger partial charge is 0.329 e. The monoisotopic (exact) mass is 421 g/mol. The van der Waals surface area contributed by atoms with Gasteiger partial charge in [0.2, 0.25) is 0 Å². The van der Waals surface area contributed by atoms with Crippen LogP contribution in [0.3, 0.4) is 0 Å². The molecule has 1 aromatic carbocycles. The summed E-state index contributed by atoms with van der Waals surface area (Å²) in [5.74, 6) is 1.64. The van der Waals surface area contributed by atoms with Crippen molar-refractivity contribution in [2.75, 3.05) is 0 Å². The van der Waals surface area contributed by atoms with Crippen LogP contribution in [-0.2, 0) is 0 Å². The molecule has 3 aliphatic rings. The van der Waals surface area contributed by atoms with Crippen LogP contribution in [0.4, 0.5) is 0 Å². The third kappa shape index (κ3) is 5.82. The number of carbonyl (C=O) groups excluding carboxylic acids is 1. The minimum absolute atomic E-state index is 0.234. The van der Waals surface area contributed by atoms with Crippen LogP contribution in [0, 0.1) is 11.8 Å². The van der Waals surface area contributed by atoms with Gasteiger partial charge in [-0.1, -0.05) is 101 Å². The summed E-state index contributed by atoms with van der Waals surface area (Å²) in [5, 5.41) is 0. The standard InChI is InChI=1S/C29H43NO/c1-23(22-24-14-6-2-7-15-24)28(25-16-8-3-9-17-25)30(27-20-12-5-13-21-27)29(31)26-18-10-4-11-19-26/h4,10-11,18-19,24-25,27-28H,1-3,5-9,12-17,20-22H2. The molecule has 1 aromatic rings. The third-order valence-corrected chi connectivity index (χ3v) is 8.31. The van der Waals surface area contributed by atoms with Crippen molar-refractivity contribution >= 4 is 5.91 Å². The molecule has 170 valence electrons. The highest BCUT2D eigenvalue weighted by Gasteiger charge is 2.38. The second kappa shape index (κ2) is 11.3. The van der Waals surface area contributed by atoms with Crippen molar-refractivity contribution in [3.8, 4) is 0 Å².